The zero-order chi connectivity index (χ0) is 2.71. The van der Waals surface area contributed by atoms with Crippen LogP contribution in [0.1, 0.15) is 0 Å². The van der Waals surface area contributed by atoms with Gasteiger partial charge in [0.25, 0.3) is 0 Å². The van der Waals surface area contributed by atoms with Gasteiger partial charge >= 0.3 is 6.15 Å². The van der Waals surface area contributed by atoms with Crippen molar-refractivity contribution >= 4 is 6.15 Å². The van der Waals surface area contributed by atoms with E-state index in [9.17, 15) is 0 Å². The molecule has 0 saturated heterocycles. The zero-order valence-corrected chi connectivity index (χ0v) is 3.94. The quantitative estimate of drug-likeness (QED) is 0.367. The first-order valence-electron chi connectivity index (χ1n) is 0.408. The van der Waals surface area contributed by atoms with Gasteiger partial charge in [0, 0.05) is 0 Å². The van der Waals surface area contributed by atoms with Crippen LogP contribution in [0.25, 0.3) is 0 Å². The third kappa shape index (κ3) is 89.0. The summed E-state index contributed by atoms with van der Waals surface area (Å²) in [6.07, 6.45) is 0.250. The maximum absolute atomic E-state index is 8.12. The summed E-state index contributed by atoms with van der Waals surface area (Å²) in [6, 6.07) is 0. The molecular formula is CH11N3O3. The first-order valence-corrected chi connectivity index (χ1v) is 0.408. The van der Waals surface area contributed by atoms with Crippen LogP contribution in [0.4, 0.5) is 0 Å². The van der Waals surface area contributed by atoms with Gasteiger partial charge in [0.15, 0.2) is 0 Å². The summed E-state index contributed by atoms with van der Waals surface area (Å²) < 4.78 is 0. The van der Waals surface area contributed by atoms with Gasteiger partial charge in [-0.25, -0.2) is 0 Å². The molecule has 0 fully saturated rings. The van der Waals surface area contributed by atoms with Gasteiger partial charge in [-0.2, -0.15) is 9.59 Å². The van der Waals surface area contributed by atoms with Gasteiger partial charge in [-0.1, -0.05) is 0 Å². The molecule has 0 aliphatic carbocycles. The molecule has 11 N–H and O–H groups in total. The smallest absolute Gasteiger partial charge is 0.373 e. The minimum absolute atomic E-state index is 0. The number of carbonyl (C=O) groups excluding carboxylic acids is 2. The summed E-state index contributed by atoms with van der Waals surface area (Å²) in [6.45, 7) is 0. The molecule has 0 aromatic carbocycles. The molecule has 0 heterocycles. The summed E-state index contributed by atoms with van der Waals surface area (Å²) in [5.74, 6) is 0. The molecule has 0 rings (SSSR count). The minimum atomic E-state index is 0. The Labute approximate surface area is 41.0 Å². The lowest BCUT2D eigenvalue weighted by molar-refractivity contribution is -0.191. The average molecular weight is 113 g/mol. The molecule has 0 aliphatic heterocycles. The molecule has 0 radical (unpaired) electrons. The summed E-state index contributed by atoms with van der Waals surface area (Å²) in [4.78, 5) is 16.2. The molecule has 0 aliphatic rings. The highest BCUT2D eigenvalue weighted by atomic mass is 16.2. The minimum Gasteiger partial charge on any atom is -0.412 e. The van der Waals surface area contributed by atoms with Crippen LogP contribution < -0.4 is 18.5 Å². The molecule has 0 saturated carbocycles. The van der Waals surface area contributed by atoms with Crippen molar-refractivity contribution in [2.24, 2.45) is 0 Å². The van der Waals surface area contributed by atoms with Crippen LogP contribution in [-0.4, -0.2) is 11.6 Å². The zero-order valence-electron chi connectivity index (χ0n) is 3.94. The predicted octanol–water partition coefficient (Wildman–Crippen LogP) is -0.922. The van der Waals surface area contributed by atoms with Crippen LogP contribution in [0, 0.1) is 0 Å². The van der Waals surface area contributed by atoms with E-state index in [2.05, 4.69) is 0 Å². The van der Waals surface area contributed by atoms with Gasteiger partial charge in [0.2, 0.25) is 0 Å². The fourth-order valence-electron chi connectivity index (χ4n) is 0. The van der Waals surface area contributed by atoms with Gasteiger partial charge in [0.05, 0.1) is 0 Å². The van der Waals surface area contributed by atoms with E-state index in [0.717, 1.165) is 0 Å². The summed E-state index contributed by atoms with van der Waals surface area (Å²) in [5, 5.41) is 0. The summed E-state index contributed by atoms with van der Waals surface area (Å²) in [5.41, 5.74) is 0. The standard InChI is InChI=1S/CO2.3H3N.H2O/c2-1-3;;;;/h;3*1H3;1H2. The van der Waals surface area contributed by atoms with Crippen molar-refractivity contribution in [2.75, 3.05) is 0 Å². The Morgan fingerprint density at radius 3 is 0.857 bits per heavy atom. The first kappa shape index (κ1) is 114. The fourth-order valence-corrected chi connectivity index (χ4v) is 0. The van der Waals surface area contributed by atoms with Crippen LogP contribution >= 0.6 is 0 Å². The van der Waals surface area contributed by atoms with Gasteiger partial charge in [0.1, 0.15) is 0 Å². The molecule has 0 atom stereocenters. The Morgan fingerprint density at radius 2 is 0.857 bits per heavy atom. The highest BCUT2D eigenvalue weighted by molar-refractivity contribution is 5.20. The van der Waals surface area contributed by atoms with Crippen molar-refractivity contribution in [1.82, 2.24) is 18.5 Å². The third-order valence-electron chi connectivity index (χ3n) is 0. The lowest BCUT2D eigenvalue weighted by atomic mass is 11.8. The van der Waals surface area contributed by atoms with Gasteiger partial charge in [-0.05, 0) is 0 Å². The van der Waals surface area contributed by atoms with Crippen molar-refractivity contribution in [3.63, 3.8) is 0 Å². The lowest BCUT2D eigenvalue weighted by Gasteiger charge is -0.945. The van der Waals surface area contributed by atoms with Gasteiger partial charge in [-0.15, -0.1) is 0 Å². The van der Waals surface area contributed by atoms with E-state index >= 15 is 0 Å². The predicted molar refractivity (Wildman–Crippen MR) is 23.7 cm³/mol. The Hall–Kier alpha value is -0.780. The number of rotatable bonds is 0. The monoisotopic (exact) mass is 113 g/mol. The van der Waals surface area contributed by atoms with Crippen LogP contribution in [0.3, 0.4) is 0 Å². The molecule has 6 heteroatoms. The molecule has 6 nitrogen and oxygen atoms in total. The second kappa shape index (κ2) is 1920. The Bertz CT molecular complexity index is 31.2. The van der Waals surface area contributed by atoms with Crippen LogP contribution in [-0.2, 0) is 9.59 Å². The highest BCUT2D eigenvalue weighted by Gasteiger charge is 1.13. The molecule has 48 valence electrons. The first-order chi connectivity index (χ1) is 1.41. The SMILES string of the molecule is N.N.N.O.O=C=O. The van der Waals surface area contributed by atoms with E-state index in [4.69, 9.17) is 9.59 Å². The highest BCUT2D eigenvalue weighted by Crippen LogP contribution is 0.787. The fraction of sp³-hybridized carbons (Fsp3) is 0. The lowest BCUT2D eigenvalue weighted by Crippen LogP contribution is -1.22. The maximum Gasteiger partial charge on any atom is 0.373 e. The van der Waals surface area contributed by atoms with Crippen molar-refractivity contribution < 1.29 is 15.1 Å². The van der Waals surface area contributed by atoms with Crippen molar-refractivity contribution in [3.8, 4) is 0 Å². The van der Waals surface area contributed by atoms with Crippen molar-refractivity contribution in [1.29, 1.82) is 0 Å². The molecule has 0 aromatic heterocycles. The number of hydrogen-bond acceptors (Lipinski definition) is 5. The molecular weight excluding hydrogens is 102 g/mol. The molecule has 0 bridgehead atoms. The Balaban J connectivity index is -0.00000000333. The van der Waals surface area contributed by atoms with Crippen LogP contribution in [0.2, 0.25) is 0 Å². The number of hydrogen-bond donors (Lipinski definition) is 3. The van der Waals surface area contributed by atoms with Crippen LogP contribution in [0.5, 0.6) is 0 Å². The Kier molecular flexibility index (Phi) is 31200. The molecule has 7 heavy (non-hydrogen) atoms. The molecule has 0 spiro atoms. The van der Waals surface area contributed by atoms with E-state index in [1.165, 1.54) is 0 Å². The van der Waals surface area contributed by atoms with Crippen LogP contribution in [0.15, 0.2) is 0 Å². The normalized spacial score (nSPS) is 1.14. The maximum atomic E-state index is 8.12. The van der Waals surface area contributed by atoms with Gasteiger partial charge in [-0.3, -0.25) is 0 Å². The molecule has 0 unspecified atom stereocenters. The van der Waals surface area contributed by atoms with E-state index in [1.54, 1.807) is 0 Å². The topological polar surface area (TPSA) is 171 Å². The summed E-state index contributed by atoms with van der Waals surface area (Å²) >= 11 is 0. The van der Waals surface area contributed by atoms with E-state index in [0.29, 0.717) is 0 Å². The van der Waals surface area contributed by atoms with Crippen molar-refractivity contribution in [3.05, 3.63) is 0 Å². The van der Waals surface area contributed by atoms with E-state index in [1.807, 2.05) is 0 Å². The van der Waals surface area contributed by atoms with E-state index < -0.39 is 0 Å². The second-order valence-corrected chi connectivity index (χ2v) is 0.0833. The Morgan fingerprint density at radius 1 is 0.857 bits per heavy atom. The van der Waals surface area contributed by atoms with E-state index in [-0.39, 0.29) is 30.1 Å². The largest absolute Gasteiger partial charge is 0.412 e. The molecule has 0 amide bonds. The molecule has 0 aromatic rings. The summed E-state index contributed by atoms with van der Waals surface area (Å²) in [7, 11) is 0. The second-order valence-electron chi connectivity index (χ2n) is 0.0833. The van der Waals surface area contributed by atoms with Crippen molar-refractivity contribution in [2.45, 2.75) is 0 Å². The average Bonchev–Trinajstić information content (AvgIpc) is 0.918. The van der Waals surface area contributed by atoms with Gasteiger partial charge < -0.3 is 23.9 Å². The third-order valence-corrected chi connectivity index (χ3v) is 0.